The Labute approximate surface area is 84.8 Å². The summed E-state index contributed by atoms with van der Waals surface area (Å²) >= 11 is 0. The van der Waals surface area contributed by atoms with Crippen LogP contribution in [0.2, 0.25) is 0 Å². The van der Waals surface area contributed by atoms with Gasteiger partial charge in [-0.05, 0) is 12.1 Å². The van der Waals surface area contributed by atoms with E-state index in [1.165, 1.54) is 0 Å². The van der Waals surface area contributed by atoms with E-state index in [9.17, 15) is 0 Å². The molecule has 0 aliphatic heterocycles. The molecular weight excluding hydrogens is 295 g/mol. The summed E-state index contributed by atoms with van der Waals surface area (Å²) in [5.41, 5.74) is 0. The van der Waals surface area contributed by atoms with Crippen LogP contribution in [-0.2, 0) is 0 Å². The van der Waals surface area contributed by atoms with Gasteiger partial charge in [0.2, 0.25) is 0 Å². The van der Waals surface area contributed by atoms with E-state index in [-0.39, 0.29) is 0 Å². The fourth-order valence-electron chi connectivity index (χ4n) is 0.313. The molecule has 0 spiro atoms. The molecule has 0 radical (unpaired) electrons. The molecular formula is C5H5Cl4NSe. The van der Waals surface area contributed by atoms with Gasteiger partial charge in [0.25, 0.3) is 0 Å². The third-order valence-corrected chi connectivity index (χ3v) is 0.566. The van der Waals surface area contributed by atoms with Gasteiger partial charge in [-0.25, -0.2) is 0 Å². The average Bonchev–Trinajstić information content (AvgIpc) is 1.88. The van der Waals surface area contributed by atoms with Gasteiger partial charge in [0.15, 0.2) is 0 Å². The summed E-state index contributed by atoms with van der Waals surface area (Å²) in [4.78, 5) is 3.78. The smallest absolute Gasteiger partial charge is 0.0267 e. The first kappa shape index (κ1) is 11.8. The predicted molar refractivity (Wildman–Crippen MR) is 53.4 cm³/mol. The van der Waals surface area contributed by atoms with Crippen molar-refractivity contribution >= 4 is 49.6 Å². The fraction of sp³-hybridized carbons (Fsp3) is 0. The van der Waals surface area contributed by atoms with Gasteiger partial charge in [0, 0.05) is 12.4 Å². The number of hydrogen-bond donors (Lipinski definition) is 0. The van der Waals surface area contributed by atoms with Gasteiger partial charge in [0.1, 0.15) is 0 Å². The van der Waals surface area contributed by atoms with Crippen LogP contribution in [0.1, 0.15) is 0 Å². The molecule has 0 N–H and O–H groups in total. The van der Waals surface area contributed by atoms with Crippen LogP contribution in [0.4, 0.5) is 0 Å². The van der Waals surface area contributed by atoms with Gasteiger partial charge in [0.05, 0.1) is 0 Å². The molecule has 0 bridgehead atoms. The predicted octanol–water partition coefficient (Wildman–Crippen LogP) is 3.46. The molecule has 0 saturated carbocycles. The topological polar surface area (TPSA) is 12.9 Å². The van der Waals surface area contributed by atoms with E-state index in [4.69, 9.17) is 40.4 Å². The Morgan fingerprint density at radius 2 is 1.18 bits per heavy atom. The quantitative estimate of drug-likeness (QED) is 0.669. The van der Waals surface area contributed by atoms with E-state index in [0.717, 1.165) is 0 Å². The van der Waals surface area contributed by atoms with Gasteiger partial charge >= 0.3 is 49.6 Å². The molecule has 1 aromatic rings. The number of pyridine rings is 1. The third-order valence-electron chi connectivity index (χ3n) is 0.566. The average molecular weight is 300 g/mol. The van der Waals surface area contributed by atoms with E-state index >= 15 is 0 Å². The van der Waals surface area contributed by atoms with Crippen LogP contribution < -0.4 is 0 Å². The molecule has 0 fully saturated rings. The zero-order chi connectivity index (χ0) is 8.74. The Bertz CT molecular complexity index is 143. The zero-order valence-corrected chi connectivity index (χ0v) is 9.99. The van der Waals surface area contributed by atoms with Crippen LogP contribution >= 0.6 is 40.4 Å². The molecule has 11 heavy (non-hydrogen) atoms. The number of halogens is 4. The summed E-state index contributed by atoms with van der Waals surface area (Å²) < 4.78 is 0. The van der Waals surface area contributed by atoms with Crippen molar-refractivity contribution in [3.63, 3.8) is 0 Å². The molecule has 0 saturated heterocycles. The van der Waals surface area contributed by atoms with Gasteiger partial charge in [-0.2, -0.15) is 0 Å². The molecule has 6 heteroatoms. The Hall–Kier alpha value is 0.829. The Kier molecular flexibility index (Phi) is 6.84. The van der Waals surface area contributed by atoms with Crippen molar-refractivity contribution in [2.45, 2.75) is 0 Å². The van der Waals surface area contributed by atoms with Crippen molar-refractivity contribution in [1.82, 2.24) is 4.98 Å². The van der Waals surface area contributed by atoms with Crippen LogP contribution in [0.25, 0.3) is 0 Å². The Balaban J connectivity index is 0.000000187. The van der Waals surface area contributed by atoms with Crippen LogP contribution in [-0.4, -0.2) is 14.2 Å². The second kappa shape index (κ2) is 6.36. The SMILES string of the molecule is Cl[Se](Cl)(Cl)Cl.c1ccncc1. The third kappa shape index (κ3) is 18.1. The minimum atomic E-state index is -2.86. The van der Waals surface area contributed by atoms with E-state index in [1.807, 2.05) is 18.2 Å². The molecule has 64 valence electrons. The van der Waals surface area contributed by atoms with E-state index in [1.54, 1.807) is 12.4 Å². The molecule has 0 unspecified atom stereocenters. The van der Waals surface area contributed by atoms with Crippen LogP contribution in [0.5, 0.6) is 0 Å². The second-order valence-corrected chi connectivity index (χ2v) is 17.4. The van der Waals surface area contributed by atoms with Crippen LogP contribution in [0.15, 0.2) is 30.6 Å². The maximum atomic E-state index is 4.98. The molecule has 1 heterocycles. The van der Waals surface area contributed by atoms with Crippen molar-refractivity contribution in [1.29, 1.82) is 0 Å². The molecule has 0 aliphatic carbocycles. The summed E-state index contributed by atoms with van der Waals surface area (Å²) in [7, 11) is 17.1. The zero-order valence-electron chi connectivity index (χ0n) is 5.25. The summed E-state index contributed by atoms with van der Waals surface area (Å²) in [6.45, 7) is 0. The molecule has 0 amide bonds. The Morgan fingerprint density at radius 3 is 1.27 bits per heavy atom. The minimum Gasteiger partial charge on any atom is -0.265 e. The maximum Gasteiger partial charge on any atom is 0.0267 e. The standard InChI is InChI=1S/C5H5N.Cl4Se/c1-2-4-6-5-3-1;1-5(2,3)4/h1-5H;. The van der Waals surface area contributed by atoms with Gasteiger partial charge in [-0.1, -0.05) is 6.07 Å². The van der Waals surface area contributed by atoms with E-state index in [2.05, 4.69) is 4.98 Å². The van der Waals surface area contributed by atoms with Crippen molar-refractivity contribution in [3.05, 3.63) is 30.6 Å². The number of rotatable bonds is 0. The van der Waals surface area contributed by atoms with Crippen molar-refractivity contribution < 1.29 is 0 Å². The minimum absolute atomic E-state index is 1.75. The molecule has 0 atom stereocenters. The fourth-order valence-corrected chi connectivity index (χ4v) is 0.313. The van der Waals surface area contributed by atoms with Crippen LogP contribution in [0, 0.1) is 0 Å². The summed E-state index contributed by atoms with van der Waals surface area (Å²) in [6, 6.07) is 5.72. The monoisotopic (exact) mass is 299 g/mol. The summed E-state index contributed by atoms with van der Waals surface area (Å²) in [5, 5.41) is 0. The number of nitrogens with zero attached hydrogens (tertiary/aromatic N) is 1. The van der Waals surface area contributed by atoms with Crippen molar-refractivity contribution in [2.75, 3.05) is 0 Å². The van der Waals surface area contributed by atoms with Gasteiger partial charge in [-0.3, -0.25) is 4.98 Å². The van der Waals surface area contributed by atoms with Crippen LogP contribution in [0.3, 0.4) is 0 Å². The molecule has 0 aromatic carbocycles. The maximum absolute atomic E-state index is 4.98. The molecule has 1 nitrogen and oxygen atoms in total. The number of aromatic nitrogens is 1. The number of hydrogen-bond acceptors (Lipinski definition) is 1. The largest absolute Gasteiger partial charge is 0.265 e. The van der Waals surface area contributed by atoms with E-state index in [0.29, 0.717) is 0 Å². The molecule has 1 rings (SSSR count). The normalized spacial score (nSPS) is 11.3. The summed E-state index contributed by atoms with van der Waals surface area (Å²) in [5.74, 6) is 0. The second-order valence-electron chi connectivity index (χ2n) is 1.37. The van der Waals surface area contributed by atoms with Crippen molar-refractivity contribution in [3.8, 4) is 0 Å². The first-order chi connectivity index (χ1) is 5.00. The van der Waals surface area contributed by atoms with E-state index < -0.39 is 9.20 Å². The van der Waals surface area contributed by atoms with Crippen molar-refractivity contribution in [2.24, 2.45) is 0 Å². The van der Waals surface area contributed by atoms with Gasteiger partial charge in [-0.15, -0.1) is 0 Å². The Morgan fingerprint density at radius 1 is 0.818 bits per heavy atom. The molecule has 0 aliphatic rings. The summed E-state index contributed by atoms with van der Waals surface area (Å²) in [6.07, 6.45) is 3.50. The first-order valence-electron chi connectivity index (χ1n) is 2.47. The first-order valence-corrected chi connectivity index (χ1v) is 11.5. The van der Waals surface area contributed by atoms with Gasteiger partial charge < -0.3 is 0 Å². The molecule has 1 aromatic heterocycles.